The van der Waals surface area contributed by atoms with Gasteiger partial charge in [-0.25, -0.2) is 0 Å². The van der Waals surface area contributed by atoms with Gasteiger partial charge in [-0.1, -0.05) is 6.92 Å². The van der Waals surface area contributed by atoms with E-state index >= 15 is 0 Å². The van der Waals surface area contributed by atoms with E-state index in [0.717, 1.165) is 0 Å². The number of aliphatic hydroxyl groups is 1. The summed E-state index contributed by atoms with van der Waals surface area (Å²) in [7, 11) is 0. The predicted molar refractivity (Wildman–Crippen MR) is 42.8 cm³/mol. The highest BCUT2D eigenvalue weighted by Gasteiger charge is 2.29. The third kappa shape index (κ3) is 3.34. The van der Waals surface area contributed by atoms with E-state index in [4.69, 9.17) is 10.2 Å². The molecule has 1 atom stereocenters. The molecule has 0 spiro atoms. The van der Waals surface area contributed by atoms with Crippen molar-refractivity contribution < 1.29 is 15.0 Å². The van der Waals surface area contributed by atoms with Gasteiger partial charge in [-0.3, -0.25) is 4.79 Å². The second-order valence-electron chi connectivity index (χ2n) is 2.69. The summed E-state index contributed by atoms with van der Waals surface area (Å²) >= 11 is 0. The molecule has 4 nitrogen and oxygen atoms in total. The molecule has 1 unspecified atom stereocenters. The maximum absolute atomic E-state index is 10.5. The Morgan fingerprint density at radius 2 is 2.00 bits per heavy atom. The maximum atomic E-state index is 10.5. The highest BCUT2D eigenvalue weighted by Crippen LogP contribution is 2.24. The van der Waals surface area contributed by atoms with Crippen LogP contribution in [0.25, 0.3) is 0 Å². The van der Waals surface area contributed by atoms with Gasteiger partial charge >= 0.3 is 5.97 Å². The van der Waals surface area contributed by atoms with Gasteiger partial charge in [0.05, 0.1) is 5.41 Å². The summed E-state index contributed by atoms with van der Waals surface area (Å²) in [5, 5.41) is 17.2. The SMILES string of the molecule is CCC(C)(CCO)C(=O)O.N. The minimum atomic E-state index is -0.830. The Morgan fingerprint density at radius 1 is 1.55 bits per heavy atom. The van der Waals surface area contributed by atoms with Crippen molar-refractivity contribution in [3.05, 3.63) is 0 Å². The first kappa shape index (κ1) is 13.0. The Labute approximate surface area is 66.8 Å². The lowest BCUT2D eigenvalue weighted by atomic mass is 9.85. The second kappa shape index (κ2) is 5.09. The van der Waals surface area contributed by atoms with Crippen LogP contribution in [0.3, 0.4) is 0 Å². The van der Waals surface area contributed by atoms with Crippen LogP contribution in [0.4, 0.5) is 0 Å². The Balaban J connectivity index is 0. The molecule has 4 heteroatoms. The fourth-order valence-corrected chi connectivity index (χ4v) is 0.682. The summed E-state index contributed by atoms with van der Waals surface area (Å²) in [4.78, 5) is 10.5. The van der Waals surface area contributed by atoms with Crippen LogP contribution >= 0.6 is 0 Å². The zero-order valence-electron chi connectivity index (χ0n) is 7.13. The first-order valence-electron chi connectivity index (χ1n) is 3.41. The van der Waals surface area contributed by atoms with Gasteiger partial charge in [-0.2, -0.15) is 0 Å². The summed E-state index contributed by atoms with van der Waals surface area (Å²) in [6, 6.07) is 0. The molecule has 0 rings (SSSR count). The lowest BCUT2D eigenvalue weighted by Gasteiger charge is -2.20. The molecule has 0 heterocycles. The van der Waals surface area contributed by atoms with Crippen LogP contribution in [0.1, 0.15) is 26.7 Å². The van der Waals surface area contributed by atoms with E-state index in [-0.39, 0.29) is 12.8 Å². The number of carbonyl (C=O) groups is 1. The van der Waals surface area contributed by atoms with Crippen molar-refractivity contribution in [1.29, 1.82) is 0 Å². The fraction of sp³-hybridized carbons (Fsp3) is 0.857. The van der Waals surface area contributed by atoms with Gasteiger partial charge in [0.2, 0.25) is 0 Å². The normalized spacial score (nSPS) is 14.8. The monoisotopic (exact) mass is 163 g/mol. The van der Waals surface area contributed by atoms with Crippen LogP contribution in [0.2, 0.25) is 0 Å². The molecule has 0 amide bonds. The molecule has 0 fully saturated rings. The molecule has 11 heavy (non-hydrogen) atoms. The molecule has 0 radical (unpaired) electrons. The number of hydrogen-bond donors (Lipinski definition) is 3. The third-order valence-corrected chi connectivity index (χ3v) is 1.96. The average molecular weight is 163 g/mol. The number of hydrogen-bond acceptors (Lipinski definition) is 3. The van der Waals surface area contributed by atoms with Crippen molar-refractivity contribution in [2.75, 3.05) is 6.61 Å². The number of carboxylic acids is 1. The van der Waals surface area contributed by atoms with E-state index in [9.17, 15) is 4.79 Å². The lowest BCUT2D eigenvalue weighted by molar-refractivity contribution is -0.149. The summed E-state index contributed by atoms with van der Waals surface area (Å²) in [6.45, 7) is 3.39. The van der Waals surface area contributed by atoms with Gasteiger partial charge < -0.3 is 16.4 Å². The van der Waals surface area contributed by atoms with E-state index in [1.165, 1.54) is 0 Å². The predicted octanol–water partition coefficient (Wildman–Crippen LogP) is 1.03. The highest BCUT2D eigenvalue weighted by atomic mass is 16.4. The maximum Gasteiger partial charge on any atom is 0.309 e. The molecule has 68 valence electrons. The molecule has 0 bridgehead atoms. The Kier molecular flexibility index (Phi) is 6.03. The standard InChI is InChI=1S/C7H14O3.H3N/c1-3-7(2,4-5-8)6(9)10;/h8H,3-5H2,1-2H3,(H,9,10);1H3. The van der Waals surface area contributed by atoms with Crippen molar-refractivity contribution in [2.45, 2.75) is 26.7 Å². The van der Waals surface area contributed by atoms with E-state index in [1.54, 1.807) is 6.92 Å². The highest BCUT2D eigenvalue weighted by molar-refractivity contribution is 5.73. The van der Waals surface area contributed by atoms with E-state index < -0.39 is 11.4 Å². The molecular weight excluding hydrogens is 146 g/mol. The topological polar surface area (TPSA) is 92.5 Å². The molecular formula is C7H17NO3. The molecule has 0 aromatic rings. The van der Waals surface area contributed by atoms with Crippen molar-refractivity contribution in [1.82, 2.24) is 6.15 Å². The van der Waals surface area contributed by atoms with Crippen LogP contribution in [0.15, 0.2) is 0 Å². The Morgan fingerprint density at radius 3 is 2.09 bits per heavy atom. The van der Waals surface area contributed by atoms with Gasteiger partial charge in [0.1, 0.15) is 0 Å². The average Bonchev–Trinajstić information content (AvgIpc) is 1.88. The smallest absolute Gasteiger partial charge is 0.309 e. The quantitative estimate of drug-likeness (QED) is 0.577. The van der Waals surface area contributed by atoms with Gasteiger partial charge in [-0.05, 0) is 19.8 Å². The number of aliphatic hydroxyl groups excluding tert-OH is 1. The molecule has 0 saturated heterocycles. The van der Waals surface area contributed by atoms with Crippen molar-refractivity contribution in [3.8, 4) is 0 Å². The minimum absolute atomic E-state index is 0. The zero-order chi connectivity index (χ0) is 8.20. The summed E-state index contributed by atoms with van der Waals surface area (Å²) < 4.78 is 0. The van der Waals surface area contributed by atoms with Gasteiger partial charge in [0, 0.05) is 6.61 Å². The van der Waals surface area contributed by atoms with Crippen LogP contribution in [0, 0.1) is 5.41 Å². The van der Waals surface area contributed by atoms with E-state index in [0.29, 0.717) is 12.8 Å². The van der Waals surface area contributed by atoms with Crippen LogP contribution in [0.5, 0.6) is 0 Å². The molecule has 0 saturated carbocycles. The van der Waals surface area contributed by atoms with Gasteiger partial charge in [0.15, 0.2) is 0 Å². The van der Waals surface area contributed by atoms with Crippen LogP contribution in [-0.2, 0) is 4.79 Å². The second-order valence-corrected chi connectivity index (χ2v) is 2.69. The lowest BCUT2D eigenvalue weighted by Crippen LogP contribution is -2.27. The summed E-state index contributed by atoms with van der Waals surface area (Å²) in [5.41, 5.74) is -0.741. The van der Waals surface area contributed by atoms with Crippen LogP contribution in [-0.4, -0.2) is 22.8 Å². The largest absolute Gasteiger partial charge is 0.481 e. The minimum Gasteiger partial charge on any atom is -0.481 e. The summed E-state index contributed by atoms with van der Waals surface area (Å²) in [5.74, 6) is -0.830. The molecule has 0 aliphatic carbocycles. The van der Waals surface area contributed by atoms with Crippen molar-refractivity contribution in [3.63, 3.8) is 0 Å². The summed E-state index contributed by atoms with van der Waals surface area (Å²) in [6.07, 6.45) is 0.891. The first-order valence-corrected chi connectivity index (χ1v) is 3.41. The van der Waals surface area contributed by atoms with Crippen molar-refractivity contribution >= 4 is 5.97 Å². The molecule has 0 aliphatic rings. The number of carboxylic acid groups (broad SMARTS) is 1. The van der Waals surface area contributed by atoms with Gasteiger partial charge in [-0.15, -0.1) is 0 Å². The Hall–Kier alpha value is -0.610. The van der Waals surface area contributed by atoms with Crippen molar-refractivity contribution in [2.24, 2.45) is 5.41 Å². The van der Waals surface area contributed by atoms with Gasteiger partial charge in [0.25, 0.3) is 0 Å². The number of aliphatic carboxylic acids is 1. The Bertz CT molecular complexity index is 127. The zero-order valence-corrected chi connectivity index (χ0v) is 7.13. The number of rotatable bonds is 4. The third-order valence-electron chi connectivity index (χ3n) is 1.96. The van der Waals surface area contributed by atoms with E-state index in [2.05, 4.69) is 0 Å². The van der Waals surface area contributed by atoms with Crippen LogP contribution < -0.4 is 6.15 Å². The first-order chi connectivity index (χ1) is 4.56. The molecule has 0 aliphatic heterocycles. The fourth-order valence-electron chi connectivity index (χ4n) is 0.682. The van der Waals surface area contributed by atoms with E-state index in [1.807, 2.05) is 6.92 Å². The molecule has 0 aromatic heterocycles. The molecule has 5 N–H and O–H groups in total. The molecule has 0 aromatic carbocycles.